The third-order valence-corrected chi connectivity index (χ3v) is 12.2. The Balaban J connectivity index is 1.83. The van der Waals surface area contributed by atoms with E-state index >= 15 is 4.79 Å². The number of rotatable bonds is 13. The zero-order chi connectivity index (χ0) is 31.7. The summed E-state index contributed by atoms with van der Waals surface area (Å²) in [6, 6.07) is 7.73. The fraction of sp³-hybridized carbons (Fsp3) is 0.618. The molecule has 2 amide bonds. The van der Waals surface area contributed by atoms with E-state index in [9.17, 15) is 14.7 Å². The number of amides is 2. The lowest BCUT2D eigenvalue weighted by Gasteiger charge is -2.46. The maximum atomic E-state index is 15.1. The van der Waals surface area contributed by atoms with Crippen molar-refractivity contribution < 1.29 is 24.2 Å². The molecule has 7 nitrogen and oxygen atoms in total. The molecule has 3 aliphatic heterocycles. The Morgan fingerprint density at radius 1 is 1.21 bits per heavy atom. The number of nitrogens with zero attached hydrogens (tertiary/aromatic N) is 2. The molecular formula is C34H47BrN2O5S. The molecule has 1 N–H and O–H groups in total. The number of carbonyl (C=O) groups is 3. The molecule has 3 heterocycles. The van der Waals surface area contributed by atoms with Crippen LogP contribution in [-0.4, -0.2) is 78.9 Å². The minimum atomic E-state index is -0.879. The van der Waals surface area contributed by atoms with Crippen molar-refractivity contribution >= 4 is 45.5 Å². The Labute approximate surface area is 269 Å². The van der Waals surface area contributed by atoms with Crippen molar-refractivity contribution in [1.82, 2.24) is 9.80 Å². The van der Waals surface area contributed by atoms with Crippen LogP contribution in [0.4, 0.5) is 0 Å². The summed E-state index contributed by atoms with van der Waals surface area (Å²) in [5.74, 6) is -2.25. The van der Waals surface area contributed by atoms with Crippen molar-refractivity contribution in [2.24, 2.45) is 17.3 Å². The Morgan fingerprint density at radius 2 is 1.88 bits per heavy atom. The molecule has 0 aromatic heterocycles. The van der Waals surface area contributed by atoms with E-state index in [2.05, 4.69) is 63.7 Å². The van der Waals surface area contributed by atoms with Gasteiger partial charge in [-0.25, -0.2) is 0 Å². The van der Waals surface area contributed by atoms with E-state index in [-0.39, 0.29) is 40.5 Å². The number of alkyl halides is 1. The number of carbonyl (C=O) groups excluding carboxylic acids is 3. The minimum absolute atomic E-state index is 0.0607. The predicted molar refractivity (Wildman–Crippen MR) is 176 cm³/mol. The average Bonchev–Trinajstić information content (AvgIpc) is 3.52. The van der Waals surface area contributed by atoms with Crippen LogP contribution >= 0.6 is 27.7 Å². The number of halogens is 1. The van der Waals surface area contributed by atoms with Crippen LogP contribution in [0.5, 0.6) is 0 Å². The number of fused-ring (bicyclic) bond motifs is 1. The molecule has 2 bridgehead atoms. The van der Waals surface area contributed by atoms with Gasteiger partial charge in [-0.3, -0.25) is 14.4 Å². The molecule has 43 heavy (non-hydrogen) atoms. The molecule has 0 radical (unpaired) electrons. The first-order valence-corrected chi connectivity index (χ1v) is 17.0. The second-order valence-corrected chi connectivity index (χ2v) is 16.6. The van der Waals surface area contributed by atoms with E-state index in [0.29, 0.717) is 19.4 Å². The normalized spacial score (nSPS) is 28.9. The SMILES string of the molecule is C=CCCCOC(=O)[C@H]1[C@@H]2SC3(CC2Br)C(C(=O)N(CC=C)C(C)(C)CC(C)(C)C)N([C@H](CO)c2ccccc2)C(=O)[C@H]13. The lowest BCUT2D eigenvalue weighted by Crippen LogP contribution is -2.60. The van der Waals surface area contributed by atoms with Crippen LogP contribution < -0.4 is 0 Å². The van der Waals surface area contributed by atoms with Gasteiger partial charge in [-0.15, -0.1) is 24.9 Å². The van der Waals surface area contributed by atoms with E-state index in [1.165, 1.54) is 0 Å². The number of esters is 1. The molecule has 3 saturated heterocycles. The first-order valence-electron chi connectivity index (χ1n) is 15.2. The van der Waals surface area contributed by atoms with Crippen molar-refractivity contribution in [2.75, 3.05) is 19.8 Å². The van der Waals surface area contributed by atoms with E-state index in [4.69, 9.17) is 4.74 Å². The van der Waals surface area contributed by atoms with Crippen LogP contribution in [0.1, 0.15) is 71.9 Å². The van der Waals surface area contributed by atoms with E-state index in [1.54, 1.807) is 28.8 Å². The zero-order valence-electron chi connectivity index (χ0n) is 26.1. The average molecular weight is 676 g/mol. The molecular weight excluding hydrogens is 628 g/mol. The van der Waals surface area contributed by atoms with Crippen LogP contribution in [0.15, 0.2) is 55.6 Å². The first kappa shape index (κ1) is 33.8. The third kappa shape index (κ3) is 6.36. The Hall–Kier alpha value is -2.10. The van der Waals surface area contributed by atoms with Gasteiger partial charge in [0.25, 0.3) is 0 Å². The van der Waals surface area contributed by atoms with Gasteiger partial charge in [-0.2, -0.15) is 0 Å². The van der Waals surface area contributed by atoms with Crippen LogP contribution in [0.3, 0.4) is 0 Å². The lowest BCUT2D eigenvalue weighted by atomic mass is 9.70. The number of thioether (sulfide) groups is 1. The van der Waals surface area contributed by atoms with Gasteiger partial charge in [0.15, 0.2) is 0 Å². The standard InChI is InChI=1S/C34H47BrN2O5S/c1-8-10-14-18-42-31(41)25-26-29(39)37(24(20-38)22-15-12-11-13-16-22)28(34(26)19-23(35)27(25)43-34)30(40)36(17-9-2)33(6,7)21-32(3,4)5/h8-9,11-13,15-16,23-28,38H,1-2,10,14,17-21H2,3-7H3/t23?,24-,25-,26+,27-,28?,34?/m1/s1. The second-order valence-electron chi connectivity index (χ2n) is 13.9. The highest BCUT2D eigenvalue weighted by Crippen LogP contribution is 2.68. The number of hydrogen-bond donors (Lipinski definition) is 1. The summed E-state index contributed by atoms with van der Waals surface area (Å²) in [6.45, 7) is 18.5. The van der Waals surface area contributed by atoms with Crippen LogP contribution in [0.2, 0.25) is 0 Å². The van der Waals surface area contributed by atoms with Gasteiger partial charge >= 0.3 is 5.97 Å². The molecule has 236 valence electrons. The van der Waals surface area contributed by atoms with Gasteiger partial charge < -0.3 is 19.6 Å². The van der Waals surface area contributed by atoms with Crippen LogP contribution in [-0.2, 0) is 19.1 Å². The smallest absolute Gasteiger partial charge is 0.310 e. The zero-order valence-corrected chi connectivity index (χ0v) is 28.5. The van der Waals surface area contributed by atoms with E-state index < -0.39 is 40.2 Å². The first-order chi connectivity index (χ1) is 20.2. The molecule has 1 spiro atoms. The number of aliphatic hydroxyl groups is 1. The summed E-state index contributed by atoms with van der Waals surface area (Å²) in [5, 5.41) is 10.6. The Morgan fingerprint density at radius 3 is 2.47 bits per heavy atom. The number of ether oxygens (including phenoxy) is 1. The number of benzene rings is 1. The molecule has 0 saturated carbocycles. The fourth-order valence-electron chi connectivity index (χ4n) is 7.78. The molecule has 4 rings (SSSR count). The summed E-state index contributed by atoms with van der Waals surface area (Å²) in [6.07, 6.45) is 6.19. The number of unbranched alkanes of at least 4 members (excludes halogenated alkanes) is 1. The van der Waals surface area contributed by atoms with Gasteiger partial charge in [0.05, 0.1) is 35.8 Å². The molecule has 0 aliphatic carbocycles. The maximum absolute atomic E-state index is 15.1. The quantitative estimate of drug-likeness (QED) is 0.121. The molecule has 7 atom stereocenters. The summed E-state index contributed by atoms with van der Waals surface area (Å²) < 4.78 is 4.88. The topological polar surface area (TPSA) is 87.2 Å². The van der Waals surface area contributed by atoms with Gasteiger partial charge in [0.2, 0.25) is 11.8 Å². The second kappa shape index (κ2) is 13.1. The monoisotopic (exact) mass is 674 g/mol. The van der Waals surface area contributed by atoms with Gasteiger partial charge in [-0.05, 0) is 50.5 Å². The number of hydrogen-bond acceptors (Lipinski definition) is 6. The Kier molecular flexibility index (Phi) is 10.3. The van der Waals surface area contributed by atoms with E-state index in [1.807, 2.05) is 35.2 Å². The maximum Gasteiger partial charge on any atom is 0.310 e. The van der Waals surface area contributed by atoms with Crippen LogP contribution in [0.25, 0.3) is 0 Å². The minimum Gasteiger partial charge on any atom is -0.465 e. The predicted octanol–water partition coefficient (Wildman–Crippen LogP) is 5.92. The van der Waals surface area contributed by atoms with Gasteiger partial charge in [-0.1, -0.05) is 79.2 Å². The summed E-state index contributed by atoms with van der Waals surface area (Å²) in [5.41, 5.74) is 0.136. The fourth-order valence-corrected chi connectivity index (χ4v) is 11.4. The van der Waals surface area contributed by atoms with Crippen molar-refractivity contribution in [3.8, 4) is 0 Å². The van der Waals surface area contributed by atoms with Gasteiger partial charge in [0.1, 0.15) is 6.04 Å². The highest BCUT2D eigenvalue weighted by Gasteiger charge is 2.77. The van der Waals surface area contributed by atoms with Crippen molar-refractivity contribution in [1.29, 1.82) is 0 Å². The summed E-state index contributed by atoms with van der Waals surface area (Å²) >= 11 is 5.41. The summed E-state index contributed by atoms with van der Waals surface area (Å²) in [4.78, 5) is 46.8. The number of aliphatic hydroxyl groups excluding tert-OH is 1. The van der Waals surface area contributed by atoms with Crippen LogP contribution in [0, 0.1) is 17.3 Å². The number of allylic oxidation sites excluding steroid dienone is 1. The van der Waals surface area contributed by atoms with E-state index in [0.717, 1.165) is 18.4 Å². The molecule has 3 aliphatic rings. The Bertz CT molecular complexity index is 1220. The van der Waals surface area contributed by atoms with Crippen molar-refractivity contribution in [3.05, 3.63) is 61.2 Å². The lowest BCUT2D eigenvalue weighted by molar-refractivity contribution is -0.154. The molecule has 9 heteroatoms. The van der Waals surface area contributed by atoms with Gasteiger partial charge in [0, 0.05) is 22.2 Å². The van der Waals surface area contributed by atoms with Crippen molar-refractivity contribution in [3.63, 3.8) is 0 Å². The highest BCUT2D eigenvalue weighted by molar-refractivity contribution is 9.09. The largest absolute Gasteiger partial charge is 0.465 e. The molecule has 3 unspecified atom stereocenters. The molecule has 1 aromatic rings. The highest BCUT2D eigenvalue weighted by atomic mass is 79.9. The third-order valence-electron chi connectivity index (χ3n) is 8.99. The molecule has 3 fully saturated rings. The molecule has 1 aromatic carbocycles. The summed E-state index contributed by atoms with van der Waals surface area (Å²) in [7, 11) is 0. The number of likely N-dealkylation sites (tertiary alicyclic amines) is 1. The van der Waals surface area contributed by atoms with Crippen molar-refractivity contribution in [2.45, 2.75) is 92.7 Å².